The lowest BCUT2D eigenvalue weighted by Crippen LogP contribution is -2.07. The Balaban J connectivity index is 1.43. The highest BCUT2D eigenvalue weighted by molar-refractivity contribution is 5.86. The van der Waals surface area contributed by atoms with Crippen LogP contribution in [0.15, 0.2) is 41.0 Å². The lowest BCUT2D eigenvalue weighted by Gasteiger charge is -2.06. The van der Waals surface area contributed by atoms with Gasteiger partial charge in [-0.1, -0.05) is 6.07 Å². The van der Waals surface area contributed by atoms with Crippen LogP contribution in [0.3, 0.4) is 0 Å². The lowest BCUT2D eigenvalue weighted by atomic mass is 10.0. The summed E-state index contributed by atoms with van der Waals surface area (Å²) in [5.74, 6) is 1.10. The van der Waals surface area contributed by atoms with Crippen molar-refractivity contribution in [2.75, 3.05) is 6.79 Å². The molecule has 0 saturated heterocycles. The van der Waals surface area contributed by atoms with Crippen LogP contribution in [0.2, 0.25) is 0 Å². The molecule has 128 valence electrons. The molecule has 0 fully saturated rings. The average molecular weight is 338 g/mol. The van der Waals surface area contributed by atoms with Gasteiger partial charge in [0.25, 0.3) is 0 Å². The van der Waals surface area contributed by atoms with Crippen LogP contribution in [0.1, 0.15) is 22.3 Å². The molecule has 0 aliphatic carbocycles. The van der Waals surface area contributed by atoms with Crippen molar-refractivity contribution in [2.24, 2.45) is 0 Å². The van der Waals surface area contributed by atoms with Crippen LogP contribution in [-0.2, 0) is 22.6 Å². The maximum Gasteiger partial charge on any atom is 0.310 e. The Morgan fingerprint density at radius 2 is 1.88 bits per heavy atom. The van der Waals surface area contributed by atoms with Gasteiger partial charge in [-0.15, -0.1) is 0 Å². The van der Waals surface area contributed by atoms with Gasteiger partial charge in [-0.25, -0.2) is 0 Å². The zero-order chi connectivity index (χ0) is 17.4. The molecule has 1 aliphatic rings. The van der Waals surface area contributed by atoms with E-state index in [1.54, 1.807) is 6.26 Å². The standard InChI is InChI=1S/C20H18O5/c1-12-5-16-15(10-22-18(16)6-13(12)2)8-20(21)23-9-14-3-4-17-19(7-14)25-11-24-17/h3-7,10H,8-9,11H2,1-2H3. The number of benzene rings is 2. The van der Waals surface area contributed by atoms with Crippen molar-refractivity contribution in [3.63, 3.8) is 0 Å². The lowest BCUT2D eigenvalue weighted by molar-refractivity contribution is -0.144. The summed E-state index contributed by atoms with van der Waals surface area (Å²) in [6, 6.07) is 9.55. The van der Waals surface area contributed by atoms with Gasteiger partial charge >= 0.3 is 5.97 Å². The number of hydrogen-bond donors (Lipinski definition) is 0. The van der Waals surface area contributed by atoms with E-state index < -0.39 is 0 Å². The summed E-state index contributed by atoms with van der Waals surface area (Å²) in [7, 11) is 0. The minimum atomic E-state index is -0.293. The normalized spacial score (nSPS) is 12.6. The molecule has 0 spiro atoms. The Hall–Kier alpha value is -2.95. The molecule has 3 aromatic rings. The number of carbonyl (C=O) groups excluding carboxylic acids is 1. The first kappa shape index (κ1) is 15.6. The number of fused-ring (bicyclic) bond motifs is 2. The minimum absolute atomic E-state index is 0.181. The fraction of sp³-hybridized carbons (Fsp3) is 0.250. The van der Waals surface area contributed by atoms with E-state index in [1.807, 2.05) is 38.1 Å². The summed E-state index contributed by atoms with van der Waals surface area (Å²) >= 11 is 0. The number of rotatable bonds is 4. The predicted octanol–water partition coefficient (Wildman–Crippen LogP) is 4.06. The highest BCUT2D eigenvalue weighted by Gasteiger charge is 2.15. The van der Waals surface area contributed by atoms with Crippen LogP contribution in [-0.4, -0.2) is 12.8 Å². The first-order valence-electron chi connectivity index (χ1n) is 8.11. The van der Waals surface area contributed by atoms with Gasteiger partial charge < -0.3 is 18.6 Å². The van der Waals surface area contributed by atoms with Gasteiger partial charge in [0.15, 0.2) is 11.5 Å². The van der Waals surface area contributed by atoms with Gasteiger partial charge in [-0.3, -0.25) is 4.79 Å². The van der Waals surface area contributed by atoms with Crippen LogP contribution >= 0.6 is 0 Å². The molecule has 0 N–H and O–H groups in total. The zero-order valence-corrected chi connectivity index (χ0v) is 14.1. The maximum absolute atomic E-state index is 12.2. The second-order valence-corrected chi connectivity index (χ2v) is 6.22. The molecule has 0 saturated carbocycles. The predicted molar refractivity (Wildman–Crippen MR) is 91.8 cm³/mol. The van der Waals surface area contributed by atoms with Crippen molar-refractivity contribution in [3.05, 3.63) is 58.8 Å². The summed E-state index contributed by atoms with van der Waals surface area (Å²) in [6.07, 6.45) is 1.81. The quantitative estimate of drug-likeness (QED) is 0.671. The molecule has 0 atom stereocenters. The second-order valence-electron chi connectivity index (χ2n) is 6.22. The zero-order valence-electron chi connectivity index (χ0n) is 14.1. The van der Waals surface area contributed by atoms with E-state index in [9.17, 15) is 4.79 Å². The molecular formula is C20H18O5. The van der Waals surface area contributed by atoms with Gasteiger partial charge in [-0.2, -0.15) is 0 Å². The number of carbonyl (C=O) groups is 1. The molecule has 1 aromatic heterocycles. The van der Waals surface area contributed by atoms with E-state index in [4.69, 9.17) is 18.6 Å². The van der Waals surface area contributed by atoms with Crippen molar-refractivity contribution < 1.29 is 23.4 Å². The summed E-state index contributed by atoms with van der Waals surface area (Å²) in [5, 5.41) is 0.961. The van der Waals surface area contributed by atoms with E-state index in [1.165, 1.54) is 11.1 Å². The Labute approximate surface area is 145 Å². The molecular weight excluding hydrogens is 320 g/mol. The third-order valence-electron chi connectivity index (χ3n) is 4.44. The maximum atomic E-state index is 12.2. The van der Waals surface area contributed by atoms with Crippen molar-refractivity contribution in [2.45, 2.75) is 26.9 Å². The summed E-state index contributed by atoms with van der Waals surface area (Å²) in [4.78, 5) is 12.2. The van der Waals surface area contributed by atoms with E-state index in [2.05, 4.69) is 6.07 Å². The van der Waals surface area contributed by atoms with Crippen LogP contribution < -0.4 is 9.47 Å². The molecule has 0 amide bonds. The number of aryl methyl sites for hydroxylation is 2. The van der Waals surface area contributed by atoms with E-state index in [0.29, 0.717) is 11.5 Å². The topological polar surface area (TPSA) is 57.9 Å². The fourth-order valence-corrected chi connectivity index (χ4v) is 2.87. The molecule has 0 unspecified atom stereocenters. The third kappa shape index (κ3) is 3.05. The van der Waals surface area contributed by atoms with Crippen LogP contribution in [0.25, 0.3) is 11.0 Å². The van der Waals surface area contributed by atoms with Crippen molar-refractivity contribution in [3.8, 4) is 11.5 Å². The smallest absolute Gasteiger partial charge is 0.310 e. The van der Waals surface area contributed by atoms with Gasteiger partial charge in [0.2, 0.25) is 6.79 Å². The summed E-state index contributed by atoms with van der Waals surface area (Å²) < 4.78 is 21.5. The molecule has 0 radical (unpaired) electrons. The minimum Gasteiger partial charge on any atom is -0.464 e. The van der Waals surface area contributed by atoms with E-state index >= 15 is 0 Å². The van der Waals surface area contributed by atoms with Crippen LogP contribution in [0, 0.1) is 13.8 Å². The van der Waals surface area contributed by atoms with Gasteiger partial charge in [0, 0.05) is 10.9 Å². The molecule has 5 nitrogen and oxygen atoms in total. The first-order chi connectivity index (χ1) is 12.1. The van der Waals surface area contributed by atoms with E-state index in [-0.39, 0.29) is 25.8 Å². The molecule has 0 bridgehead atoms. The molecule has 5 heteroatoms. The highest BCUT2D eigenvalue weighted by atomic mass is 16.7. The second kappa shape index (κ2) is 6.16. The van der Waals surface area contributed by atoms with Gasteiger partial charge in [-0.05, 0) is 54.8 Å². The number of furan rings is 1. The molecule has 25 heavy (non-hydrogen) atoms. The first-order valence-corrected chi connectivity index (χ1v) is 8.11. The van der Waals surface area contributed by atoms with E-state index in [0.717, 1.165) is 22.1 Å². The summed E-state index contributed by atoms with van der Waals surface area (Å²) in [5.41, 5.74) is 4.83. The van der Waals surface area contributed by atoms with Crippen molar-refractivity contribution in [1.29, 1.82) is 0 Å². The van der Waals surface area contributed by atoms with Gasteiger partial charge in [0.05, 0.1) is 12.7 Å². The molecule has 2 aromatic carbocycles. The number of hydrogen-bond acceptors (Lipinski definition) is 5. The summed E-state index contributed by atoms with van der Waals surface area (Å²) in [6.45, 7) is 4.51. The largest absolute Gasteiger partial charge is 0.464 e. The highest BCUT2D eigenvalue weighted by Crippen LogP contribution is 2.32. The monoisotopic (exact) mass is 338 g/mol. The fourth-order valence-electron chi connectivity index (χ4n) is 2.87. The number of ether oxygens (including phenoxy) is 3. The Kier molecular flexibility index (Phi) is 3.84. The average Bonchev–Trinajstić information content (AvgIpc) is 3.20. The molecule has 4 rings (SSSR count). The third-order valence-corrected chi connectivity index (χ3v) is 4.44. The molecule has 2 heterocycles. The Morgan fingerprint density at radius 1 is 1.08 bits per heavy atom. The Morgan fingerprint density at radius 3 is 2.76 bits per heavy atom. The van der Waals surface area contributed by atoms with Crippen molar-refractivity contribution in [1.82, 2.24) is 0 Å². The van der Waals surface area contributed by atoms with Crippen LogP contribution in [0.4, 0.5) is 0 Å². The van der Waals surface area contributed by atoms with Gasteiger partial charge in [0.1, 0.15) is 12.2 Å². The Bertz CT molecular complexity index is 954. The van der Waals surface area contributed by atoms with Crippen LogP contribution in [0.5, 0.6) is 11.5 Å². The SMILES string of the molecule is Cc1cc2occ(CC(=O)OCc3ccc4c(c3)OCO4)c2cc1C. The van der Waals surface area contributed by atoms with Crippen molar-refractivity contribution >= 4 is 16.9 Å². The number of esters is 1. The molecule has 1 aliphatic heterocycles.